The molecule has 20 heavy (non-hydrogen) atoms. The summed E-state index contributed by atoms with van der Waals surface area (Å²) >= 11 is 11.9. The zero-order chi connectivity index (χ0) is 14.8. The molecule has 0 saturated carbocycles. The lowest BCUT2D eigenvalue weighted by Gasteiger charge is -2.00. The quantitative estimate of drug-likeness (QED) is 0.877. The summed E-state index contributed by atoms with van der Waals surface area (Å²) in [6.45, 7) is 0. The van der Waals surface area contributed by atoms with E-state index in [4.69, 9.17) is 28.3 Å². The molecule has 0 saturated heterocycles. The second kappa shape index (κ2) is 5.93. The van der Waals surface area contributed by atoms with Crippen LogP contribution in [0.25, 0.3) is 0 Å². The molecule has 0 bridgehead atoms. The molecule has 4 nitrogen and oxygen atoms in total. The van der Waals surface area contributed by atoms with Gasteiger partial charge in [-0.2, -0.15) is 0 Å². The van der Waals surface area contributed by atoms with E-state index in [0.29, 0.717) is 21.3 Å². The van der Waals surface area contributed by atoms with Crippen LogP contribution in [-0.2, 0) is 10.0 Å². The van der Waals surface area contributed by atoms with E-state index in [9.17, 15) is 8.42 Å². The maximum atomic E-state index is 11.1. The molecule has 0 fully saturated rings. The molecule has 0 spiro atoms. The number of nitrogens with two attached hydrogens (primary N) is 1. The van der Waals surface area contributed by atoms with Crippen LogP contribution in [0, 0.1) is 0 Å². The van der Waals surface area contributed by atoms with Crippen molar-refractivity contribution in [3.63, 3.8) is 0 Å². The van der Waals surface area contributed by atoms with Gasteiger partial charge in [-0.1, -0.05) is 35.3 Å². The number of nitrogens with zero attached hydrogens (tertiary/aromatic N) is 1. The van der Waals surface area contributed by atoms with Crippen LogP contribution in [0.5, 0.6) is 0 Å². The minimum absolute atomic E-state index is 0.0391. The van der Waals surface area contributed by atoms with Gasteiger partial charge in [0.25, 0.3) is 0 Å². The van der Waals surface area contributed by atoms with Crippen LogP contribution >= 0.6 is 23.2 Å². The highest BCUT2D eigenvalue weighted by Gasteiger charge is 2.06. The molecule has 0 atom stereocenters. The van der Waals surface area contributed by atoms with Gasteiger partial charge >= 0.3 is 0 Å². The fraction of sp³-hybridized carbons (Fsp3) is 0. The van der Waals surface area contributed by atoms with Crippen molar-refractivity contribution < 1.29 is 8.42 Å². The Hall–Kier alpha value is -1.40. The summed E-state index contributed by atoms with van der Waals surface area (Å²) in [6.07, 6.45) is 1.56. The minimum atomic E-state index is -3.69. The van der Waals surface area contributed by atoms with Gasteiger partial charge in [0, 0.05) is 11.8 Å². The predicted molar refractivity (Wildman–Crippen MR) is 81.5 cm³/mol. The van der Waals surface area contributed by atoms with E-state index >= 15 is 0 Å². The molecular weight excluding hydrogens is 319 g/mol. The van der Waals surface area contributed by atoms with Crippen LogP contribution in [0.4, 0.5) is 5.69 Å². The zero-order valence-corrected chi connectivity index (χ0v) is 12.5. The van der Waals surface area contributed by atoms with Crippen LogP contribution < -0.4 is 5.14 Å². The van der Waals surface area contributed by atoms with Gasteiger partial charge in [-0.25, -0.2) is 13.6 Å². The Morgan fingerprint density at radius 3 is 2.30 bits per heavy atom. The maximum absolute atomic E-state index is 11.1. The third kappa shape index (κ3) is 3.58. The lowest BCUT2D eigenvalue weighted by Crippen LogP contribution is -2.11. The van der Waals surface area contributed by atoms with E-state index in [0.717, 1.165) is 0 Å². The van der Waals surface area contributed by atoms with Crippen LogP contribution in [0.15, 0.2) is 52.4 Å². The molecule has 2 rings (SSSR count). The van der Waals surface area contributed by atoms with E-state index in [1.54, 1.807) is 36.5 Å². The molecule has 0 aromatic heterocycles. The number of primary sulfonamides is 1. The Morgan fingerprint density at radius 1 is 1.05 bits per heavy atom. The van der Waals surface area contributed by atoms with Gasteiger partial charge < -0.3 is 0 Å². The lowest BCUT2D eigenvalue weighted by molar-refractivity contribution is 0.598. The molecule has 0 aliphatic rings. The molecule has 0 aliphatic carbocycles. The molecule has 0 unspecified atom stereocenters. The number of sulfonamides is 1. The molecule has 0 aliphatic heterocycles. The summed E-state index contributed by atoms with van der Waals surface area (Å²) in [4.78, 5) is 4.24. The van der Waals surface area contributed by atoms with Gasteiger partial charge in [-0.05, 0) is 30.3 Å². The second-order valence-electron chi connectivity index (χ2n) is 3.94. The third-order valence-electron chi connectivity index (χ3n) is 2.50. The number of aliphatic imine (C=N–C) groups is 1. The van der Waals surface area contributed by atoms with Crippen LogP contribution in [0.3, 0.4) is 0 Å². The highest BCUT2D eigenvalue weighted by Crippen LogP contribution is 2.25. The summed E-state index contributed by atoms with van der Waals surface area (Å²) in [6, 6.07) is 11.1. The summed E-state index contributed by atoms with van der Waals surface area (Å²) < 4.78 is 22.2. The molecule has 2 aromatic rings. The molecule has 0 heterocycles. The molecule has 7 heteroatoms. The Labute approximate surface area is 126 Å². The second-order valence-corrected chi connectivity index (χ2v) is 6.29. The number of benzene rings is 2. The fourth-order valence-electron chi connectivity index (χ4n) is 1.49. The first kappa shape index (κ1) is 15.0. The highest BCUT2D eigenvalue weighted by molar-refractivity contribution is 7.89. The lowest BCUT2D eigenvalue weighted by atomic mass is 10.2. The number of halogens is 2. The number of hydrogen-bond donors (Lipinski definition) is 1. The zero-order valence-electron chi connectivity index (χ0n) is 10.1. The third-order valence-corrected chi connectivity index (χ3v) is 4.26. The SMILES string of the molecule is NS(=O)(=O)c1ccc(N=Cc2cccc(Cl)c2Cl)cc1. The Kier molecular flexibility index (Phi) is 4.45. The summed E-state index contributed by atoms with van der Waals surface area (Å²) in [7, 11) is -3.69. The molecule has 0 amide bonds. The van der Waals surface area contributed by atoms with Crippen molar-refractivity contribution in [3.05, 3.63) is 58.1 Å². The first-order chi connectivity index (χ1) is 9.38. The molecule has 2 aromatic carbocycles. The molecule has 2 N–H and O–H groups in total. The fourth-order valence-corrected chi connectivity index (χ4v) is 2.36. The Balaban J connectivity index is 2.26. The smallest absolute Gasteiger partial charge is 0.238 e. The predicted octanol–water partition coefficient (Wildman–Crippen LogP) is 3.39. The van der Waals surface area contributed by atoms with Crippen molar-refractivity contribution >= 4 is 45.1 Å². The van der Waals surface area contributed by atoms with E-state index in [1.807, 2.05) is 0 Å². The Bertz CT molecular complexity index is 756. The van der Waals surface area contributed by atoms with Gasteiger partial charge in [0.15, 0.2) is 0 Å². The van der Waals surface area contributed by atoms with Gasteiger partial charge in [0.1, 0.15) is 0 Å². The van der Waals surface area contributed by atoms with Gasteiger partial charge in [-0.3, -0.25) is 4.99 Å². The summed E-state index contributed by atoms with van der Waals surface area (Å²) in [5.74, 6) is 0. The van der Waals surface area contributed by atoms with Crippen molar-refractivity contribution in [2.45, 2.75) is 4.90 Å². The summed E-state index contributed by atoms with van der Waals surface area (Å²) in [5.41, 5.74) is 1.25. The number of rotatable bonds is 3. The van der Waals surface area contributed by atoms with Gasteiger partial charge in [0.05, 0.1) is 20.6 Å². The van der Waals surface area contributed by atoms with E-state index in [2.05, 4.69) is 4.99 Å². The largest absolute Gasteiger partial charge is 0.256 e. The van der Waals surface area contributed by atoms with Crippen molar-refractivity contribution in [2.75, 3.05) is 0 Å². The first-order valence-electron chi connectivity index (χ1n) is 5.49. The van der Waals surface area contributed by atoms with Crippen molar-refractivity contribution in [3.8, 4) is 0 Å². The van der Waals surface area contributed by atoms with E-state index < -0.39 is 10.0 Å². The molecule has 0 radical (unpaired) electrons. The van der Waals surface area contributed by atoms with Crippen LogP contribution in [-0.4, -0.2) is 14.6 Å². The standard InChI is InChI=1S/C13H10Cl2N2O2S/c14-12-3-1-2-9(13(12)15)8-17-10-4-6-11(7-5-10)20(16,18)19/h1-8H,(H2,16,18,19). The topological polar surface area (TPSA) is 72.5 Å². The van der Waals surface area contributed by atoms with E-state index in [1.165, 1.54) is 12.1 Å². The maximum Gasteiger partial charge on any atom is 0.238 e. The first-order valence-corrected chi connectivity index (χ1v) is 7.79. The van der Waals surface area contributed by atoms with Crippen molar-refractivity contribution in [1.29, 1.82) is 0 Å². The monoisotopic (exact) mass is 328 g/mol. The highest BCUT2D eigenvalue weighted by atomic mass is 35.5. The Morgan fingerprint density at radius 2 is 1.70 bits per heavy atom. The van der Waals surface area contributed by atoms with Crippen LogP contribution in [0.1, 0.15) is 5.56 Å². The molecular formula is C13H10Cl2N2O2S. The summed E-state index contributed by atoms with van der Waals surface area (Å²) in [5, 5.41) is 5.87. The minimum Gasteiger partial charge on any atom is -0.256 e. The van der Waals surface area contributed by atoms with Gasteiger partial charge in [0.2, 0.25) is 10.0 Å². The van der Waals surface area contributed by atoms with Crippen LogP contribution in [0.2, 0.25) is 10.0 Å². The average Bonchev–Trinajstić information content (AvgIpc) is 2.40. The average molecular weight is 329 g/mol. The van der Waals surface area contributed by atoms with E-state index in [-0.39, 0.29) is 4.90 Å². The van der Waals surface area contributed by atoms with Gasteiger partial charge in [-0.15, -0.1) is 0 Å². The molecule has 104 valence electrons. The number of hydrogen-bond acceptors (Lipinski definition) is 3. The van der Waals surface area contributed by atoms with Crippen molar-refractivity contribution in [1.82, 2.24) is 0 Å². The normalized spacial score (nSPS) is 11.9. The van der Waals surface area contributed by atoms with Crippen molar-refractivity contribution in [2.24, 2.45) is 10.1 Å².